The number of nitrogens with two attached hydrogens (primary N) is 2. The summed E-state index contributed by atoms with van der Waals surface area (Å²) in [5.74, 6) is 0. The van der Waals surface area contributed by atoms with Gasteiger partial charge in [0.05, 0.1) is 0 Å². The summed E-state index contributed by atoms with van der Waals surface area (Å²) in [7, 11) is 0. The highest BCUT2D eigenvalue weighted by Crippen LogP contribution is 2.08. The summed E-state index contributed by atoms with van der Waals surface area (Å²) in [5, 5.41) is 0. The first-order valence-electron chi connectivity index (χ1n) is 8.70. The topological polar surface area (TPSA) is 52.0 Å². The van der Waals surface area contributed by atoms with Crippen molar-refractivity contribution < 1.29 is 0 Å². The third-order valence-corrected chi connectivity index (χ3v) is 3.63. The number of unbranched alkanes of at least 4 members (excludes halogenated alkanes) is 8. The van der Waals surface area contributed by atoms with Gasteiger partial charge in [0.25, 0.3) is 0 Å². The maximum Gasteiger partial charge on any atom is 0.0178 e. The van der Waals surface area contributed by atoms with Crippen LogP contribution in [0.2, 0.25) is 0 Å². The lowest BCUT2D eigenvalue weighted by atomic mass is 10.1. The standard InChI is InChI=1S/C11H25N.C8H11N/c1-2-3-4-5-6-7-8-9-10-11-12;1-7-3-2-4-8(5-7)6-9/h2-12H2,1H3;2-5H,6,9H2,1H3. The van der Waals surface area contributed by atoms with Crippen molar-refractivity contribution in [3.8, 4) is 0 Å². The van der Waals surface area contributed by atoms with E-state index in [2.05, 4.69) is 26.0 Å². The maximum absolute atomic E-state index is 5.42. The second-order valence-electron chi connectivity index (χ2n) is 5.81. The molecule has 0 aliphatic carbocycles. The van der Waals surface area contributed by atoms with Crippen molar-refractivity contribution >= 4 is 0 Å². The molecule has 122 valence electrons. The van der Waals surface area contributed by atoms with Crippen molar-refractivity contribution in [2.24, 2.45) is 11.5 Å². The van der Waals surface area contributed by atoms with Gasteiger partial charge in [-0.2, -0.15) is 0 Å². The van der Waals surface area contributed by atoms with Crippen LogP contribution in [-0.2, 0) is 6.54 Å². The van der Waals surface area contributed by atoms with Crippen LogP contribution in [0.4, 0.5) is 0 Å². The van der Waals surface area contributed by atoms with Crippen LogP contribution in [0.1, 0.15) is 75.8 Å². The van der Waals surface area contributed by atoms with Gasteiger partial charge in [-0.3, -0.25) is 0 Å². The van der Waals surface area contributed by atoms with Gasteiger partial charge in [-0.15, -0.1) is 0 Å². The zero-order valence-electron chi connectivity index (χ0n) is 14.2. The molecule has 0 atom stereocenters. The van der Waals surface area contributed by atoms with Crippen molar-refractivity contribution in [2.75, 3.05) is 6.54 Å². The second kappa shape index (κ2) is 15.5. The van der Waals surface area contributed by atoms with Gasteiger partial charge in [-0.1, -0.05) is 88.1 Å². The molecule has 0 heterocycles. The maximum atomic E-state index is 5.42. The van der Waals surface area contributed by atoms with Crippen molar-refractivity contribution in [1.29, 1.82) is 0 Å². The molecule has 4 N–H and O–H groups in total. The highest BCUT2D eigenvalue weighted by atomic mass is 14.5. The van der Waals surface area contributed by atoms with Crippen LogP contribution in [0, 0.1) is 6.92 Å². The SMILES string of the molecule is CCCCCCCCCCCN.Cc1cccc(CN)c1. The summed E-state index contributed by atoms with van der Waals surface area (Å²) in [6, 6.07) is 8.23. The molecular weight excluding hydrogens is 256 g/mol. The van der Waals surface area contributed by atoms with Crippen LogP contribution in [0.15, 0.2) is 24.3 Å². The first-order valence-corrected chi connectivity index (χ1v) is 8.70. The normalized spacial score (nSPS) is 10.1. The molecule has 1 aromatic carbocycles. The lowest BCUT2D eigenvalue weighted by Gasteiger charge is -1.99. The van der Waals surface area contributed by atoms with Crippen LogP contribution in [0.5, 0.6) is 0 Å². The second-order valence-corrected chi connectivity index (χ2v) is 5.81. The number of hydrogen-bond donors (Lipinski definition) is 2. The molecule has 21 heavy (non-hydrogen) atoms. The van der Waals surface area contributed by atoms with Gasteiger partial charge in [0, 0.05) is 6.54 Å². The fourth-order valence-electron chi connectivity index (χ4n) is 2.29. The van der Waals surface area contributed by atoms with Crippen LogP contribution >= 0.6 is 0 Å². The smallest absolute Gasteiger partial charge is 0.0178 e. The molecule has 0 unspecified atom stereocenters. The molecule has 0 aliphatic rings. The molecule has 0 amide bonds. The lowest BCUT2D eigenvalue weighted by molar-refractivity contribution is 0.567. The van der Waals surface area contributed by atoms with Gasteiger partial charge in [0.15, 0.2) is 0 Å². The molecule has 0 spiro atoms. The third-order valence-electron chi connectivity index (χ3n) is 3.63. The van der Waals surface area contributed by atoms with Crippen LogP contribution in [0.25, 0.3) is 0 Å². The molecule has 0 radical (unpaired) electrons. The number of benzene rings is 1. The minimum atomic E-state index is 0.641. The summed E-state index contributed by atoms with van der Waals surface area (Å²) < 4.78 is 0. The van der Waals surface area contributed by atoms with Crippen molar-refractivity contribution in [2.45, 2.75) is 78.2 Å². The summed E-state index contributed by atoms with van der Waals surface area (Å²) in [5.41, 5.74) is 13.3. The van der Waals surface area contributed by atoms with Crippen molar-refractivity contribution in [3.63, 3.8) is 0 Å². The Balaban J connectivity index is 0.000000394. The zero-order chi connectivity index (χ0) is 15.8. The quantitative estimate of drug-likeness (QED) is 0.601. The predicted octanol–water partition coefficient (Wildman–Crippen LogP) is 4.93. The molecular formula is C19H36N2. The van der Waals surface area contributed by atoms with Gasteiger partial charge in [0.2, 0.25) is 0 Å². The first kappa shape index (κ1) is 20.1. The van der Waals surface area contributed by atoms with E-state index >= 15 is 0 Å². The zero-order valence-corrected chi connectivity index (χ0v) is 14.2. The van der Waals surface area contributed by atoms with Gasteiger partial charge in [0.1, 0.15) is 0 Å². The number of hydrogen-bond acceptors (Lipinski definition) is 2. The molecule has 0 aromatic heterocycles. The van der Waals surface area contributed by atoms with E-state index in [1.165, 1.54) is 68.9 Å². The molecule has 2 heteroatoms. The Hall–Kier alpha value is -0.860. The lowest BCUT2D eigenvalue weighted by Crippen LogP contribution is -1.97. The number of rotatable bonds is 10. The largest absolute Gasteiger partial charge is 0.330 e. The van der Waals surface area contributed by atoms with E-state index in [-0.39, 0.29) is 0 Å². The monoisotopic (exact) mass is 292 g/mol. The van der Waals surface area contributed by atoms with Crippen molar-refractivity contribution in [1.82, 2.24) is 0 Å². The Morgan fingerprint density at radius 3 is 1.81 bits per heavy atom. The summed E-state index contributed by atoms with van der Waals surface area (Å²) in [4.78, 5) is 0. The molecule has 1 aromatic rings. The highest BCUT2D eigenvalue weighted by Gasteiger charge is 1.90. The first-order chi connectivity index (χ1) is 10.2. The summed E-state index contributed by atoms with van der Waals surface area (Å²) in [6.07, 6.45) is 12.5. The fraction of sp³-hybridized carbons (Fsp3) is 0.684. The minimum Gasteiger partial charge on any atom is -0.330 e. The van der Waals surface area contributed by atoms with E-state index < -0.39 is 0 Å². The molecule has 1 rings (SSSR count). The van der Waals surface area contributed by atoms with Crippen LogP contribution in [-0.4, -0.2) is 6.54 Å². The molecule has 0 fully saturated rings. The fourth-order valence-corrected chi connectivity index (χ4v) is 2.29. The Morgan fingerprint density at radius 1 is 0.810 bits per heavy atom. The van der Waals surface area contributed by atoms with E-state index in [1.54, 1.807) is 0 Å². The Labute approximate surface area is 132 Å². The van der Waals surface area contributed by atoms with E-state index in [1.807, 2.05) is 12.1 Å². The average molecular weight is 293 g/mol. The molecule has 2 nitrogen and oxygen atoms in total. The van der Waals surface area contributed by atoms with Crippen molar-refractivity contribution in [3.05, 3.63) is 35.4 Å². The molecule has 0 saturated carbocycles. The van der Waals surface area contributed by atoms with E-state index in [4.69, 9.17) is 11.5 Å². The van der Waals surface area contributed by atoms with E-state index in [0.717, 1.165) is 6.54 Å². The average Bonchev–Trinajstić information content (AvgIpc) is 2.50. The highest BCUT2D eigenvalue weighted by molar-refractivity contribution is 5.21. The van der Waals surface area contributed by atoms with Gasteiger partial charge in [-0.25, -0.2) is 0 Å². The van der Waals surface area contributed by atoms with E-state index in [9.17, 15) is 0 Å². The van der Waals surface area contributed by atoms with Gasteiger partial charge < -0.3 is 11.5 Å². The molecule has 0 saturated heterocycles. The molecule has 0 bridgehead atoms. The Morgan fingerprint density at radius 2 is 1.38 bits per heavy atom. The minimum absolute atomic E-state index is 0.641. The van der Waals surface area contributed by atoms with Crippen LogP contribution < -0.4 is 11.5 Å². The Bertz CT molecular complexity index is 313. The van der Waals surface area contributed by atoms with Gasteiger partial charge in [-0.05, 0) is 25.5 Å². The Kier molecular flexibility index (Phi) is 14.9. The van der Waals surface area contributed by atoms with Crippen LogP contribution in [0.3, 0.4) is 0 Å². The number of aryl methyl sites for hydroxylation is 1. The van der Waals surface area contributed by atoms with Gasteiger partial charge >= 0.3 is 0 Å². The summed E-state index contributed by atoms with van der Waals surface area (Å²) in [6.45, 7) is 5.85. The third kappa shape index (κ3) is 13.9. The molecule has 0 aliphatic heterocycles. The predicted molar refractivity (Wildman–Crippen MR) is 95.4 cm³/mol. The van der Waals surface area contributed by atoms with E-state index in [0.29, 0.717) is 6.54 Å². The summed E-state index contributed by atoms with van der Waals surface area (Å²) >= 11 is 0.